The molecule has 1 heterocycles. The van der Waals surface area contributed by atoms with Gasteiger partial charge in [0.15, 0.2) is 0 Å². The number of nitriles is 1. The van der Waals surface area contributed by atoms with Crippen LogP contribution in [0.3, 0.4) is 0 Å². The van der Waals surface area contributed by atoms with E-state index in [0.717, 1.165) is 5.76 Å². The van der Waals surface area contributed by atoms with Crippen molar-refractivity contribution in [3.05, 3.63) is 41.6 Å². The molecule has 1 aromatic carbocycles. The van der Waals surface area contributed by atoms with Crippen molar-refractivity contribution in [2.24, 2.45) is 0 Å². The van der Waals surface area contributed by atoms with Crippen molar-refractivity contribution in [3.63, 3.8) is 0 Å². The van der Waals surface area contributed by atoms with E-state index in [9.17, 15) is 0 Å². The summed E-state index contributed by atoms with van der Waals surface area (Å²) in [4.78, 5) is 4.17. The zero-order chi connectivity index (χ0) is 13.8. The Morgan fingerprint density at radius 2 is 2.26 bits per heavy atom. The Kier molecular flexibility index (Phi) is 3.71. The lowest BCUT2D eigenvalue weighted by atomic mass is 10.1. The zero-order valence-electron chi connectivity index (χ0n) is 11.1. The molecule has 1 atom stereocenters. The molecule has 5 heteroatoms. The molecular weight excluding hydrogens is 242 g/mol. The summed E-state index contributed by atoms with van der Waals surface area (Å²) in [5.74, 6) is 2.04. The Balaban J connectivity index is 2.25. The van der Waals surface area contributed by atoms with Gasteiger partial charge in [-0.25, -0.2) is 4.98 Å². The van der Waals surface area contributed by atoms with Gasteiger partial charge in [-0.1, -0.05) is 0 Å². The van der Waals surface area contributed by atoms with Crippen LogP contribution >= 0.6 is 0 Å². The summed E-state index contributed by atoms with van der Waals surface area (Å²) in [6.07, 6.45) is 1.67. The summed E-state index contributed by atoms with van der Waals surface area (Å²) in [7, 11) is 1.59. The number of methoxy groups -OCH3 is 1. The number of hydrogen-bond donors (Lipinski definition) is 1. The summed E-state index contributed by atoms with van der Waals surface area (Å²) in [5, 5.41) is 12.3. The molecule has 2 aromatic rings. The van der Waals surface area contributed by atoms with E-state index in [1.807, 2.05) is 13.8 Å². The first kappa shape index (κ1) is 13.0. The second kappa shape index (κ2) is 5.44. The van der Waals surface area contributed by atoms with Crippen LogP contribution in [0.1, 0.15) is 30.2 Å². The van der Waals surface area contributed by atoms with E-state index in [0.29, 0.717) is 22.9 Å². The zero-order valence-corrected chi connectivity index (χ0v) is 11.1. The molecular formula is C14H15N3O2. The van der Waals surface area contributed by atoms with Gasteiger partial charge >= 0.3 is 0 Å². The quantitative estimate of drug-likeness (QED) is 0.911. The van der Waals surface area contributed by atoms with Crippen LogP contribution in [-0.4, -0.2) is 12.1 Å². The first-order valence-electron chi connectivity index (χ1n) is 5.91. The van der Waals surface area contributed by atoms with Crippen molar-refractivity contribution in [1.29, 1.82) is 5.26 Å². The number of rotatable bonds is 4. The van der Waals surface area contributed by atoms with Gasteiger partial charge in [-0.2, -0.15) is 5.26 Å². The number of oxazole rings is 1. The van der Waals surface area contributed by atoms with E-state index in [-0.39, 0.29) is 6.04 Å². The maximum atomic E-state index is 9.10. The minimum Gasteiger partial charge on any atom is -0.497 e. The molecule has 0 aliphatic rings. The van der Waals surface area contributed by atoms with Crippen molar-refractivity contribution in [2.75, 3.05) is 12.4 Å². The lowest BCUT2D eigenvalue weighted by Crippen LogP contribution is -2.08. The highest BCUT2D eigenvalue weighted by molar-refractivity contribution is 5.60. The number of anilines is 1. The average Bonchev–Trinajstić information content (AvgIpc) is 2.85. The maximum Gasteiger partial charge on any atom is 0.216 e. The molecule has 0 spiro atoms. The minimum atomic E-state index is -0.132. The standard InChI is InChI=1S/C14H15N3O2/c1-9-8-16-14(19-9)10(2)17-13-6-12(18-3)5-4-11(13)7-15/h4-6,8,10,17H,1-3H3. The van der Waals surface area contributed by atoms with Gasteiger partial charge in [0, 0.05) is 6.07 Å². The van der Waals surface area contributed by atoms with Gasteiger partial charge in [-0.3, -0.25) is 0 Å². The van der Waals surface area contributed by atoms with Crippen molar-refractivity contribution in [3.8, 4) is 11.8 Å². The Hall–Kier alpha value is -2.48. The third-order valence-electron chi connectivity index (χ3n) is 2.73. The Bertz CT molecular complexity index is 613. The number of aromatic nitrogens is 1. The topological polar surface area (TPSA) is 71.1 Å². The van der Waals surface area contributed by atoms with Crippen LogP contribution in [0.15, 0.2) is 28.8 Å². The Labute approximate surface area is 111 Å². The van der Waals surface area contributed by atoms with E-state index in [2.05, 4.69) is 16.4 Å². The molecule has 1 N–H and O–H groups in total. The van der Waals surface area contributed by atoms with Crippen molar-refractivity contribution < 1.29 is 9.15 Å². The lowest BCUT2D eigenvalue weighted by Gasteiger charge is -2.14. The first-order chi connectivity index (χ1) is 9.13. The maximum absolute atomic E-state index is 9.10. The highest BCUT2D eigenvalue weighted by Crippen LogP contribution is 2.26. The lowest BCUT2D eigenvalue weighted by molar-refractivity contribution is 0.414. The highest BCUT2D eigenvalue weighted by Gasteiger charge is 2.13. The highest BCUT2D eigenvalue weighted by atomic mass is 16.5. The molecule has 0 amide bonds. The van der Waals surface area contributed by atoms with Crippen LogP contribution in [-0.2, 0) is 0 Å². The summed E-state index contributed by atoms with van der Waals surface area (Å²) < 4.78 is 10.6. The molecule has 98 valence electrons. The third kappa shape index (κ3) is 2.86. The van der Waals surface area contributed by atoms with Crippen LogP contribution in [0.2, 0.25) is 0 Å². The number of aryl methyl sites for hydroxylation is 1. The van der Waals surface area contributed by atoms with Gasteiger partial charge in [0.2, 0.25) is 5.89 Å². The molecule has 1 aromatic heterocycles. The van der Waals surface area contributed by atoms with E-state index < -0.39 is 0 Å². The van der Waals surface area contributed by atoms with E-state index in [4.69, 9.17) is 14.4 Å². The van der Waals surface area contributed by atoms with E-state index in [1.54, 1.807) is 31.5 Å². The number of hydrogen-bond acceptors (Lipinski definition) is 5. The van der Waals surface area contributed by atoms with E-state index >= 15 is 0 Å². The monoisotopic (exact) mass is 257 g/mol. The molecule has 0 fully saturated rings. The SMILES string of the molecule is COc1ccc(C#N)c(NC(C)c2ncc(C)o2)c1. The van der Waals surface area contributed by atoms with Gasteiger partial charge < -0.3 is 14.5 Å². The van der Waals surface area contributed by atoms with Crippen molar-refractivity contribution in [2.45, 2.75) is 19.9 Å². The van der Waals surface area contributed by atoms with Gasteiger partial charge in [0.25, 0.3) is 0 Å². The fourth-order valence-corrected chi connectivity index (χ4v) is 1.73. The Morgan fingerprint density at radius 1 is 1.47 bits per heavy atom. The van der Waals surface area contributed by atoms with Crippen molar-refractivity contribution in [1.82, 2.24) is 4.98 Å². The van der Waals surface area contributed by atoms with Gasteiger partial charge in [-0.05, 0) is 26.0 Å². The predicted molar refractivity (Wildman–Crippen MR) is 71.0 cm³/mol. The van der Waals surface area contributed by atoms with Crippen LogP contribution in [0.5, 0.6) is 5.75 Å². The summed E-state index contributed by atoms with van der Waals surface area (Å²) in [6.45, 7) is 3.77. The van der Waals surface area contributed by atoms with Crippen molar-refractivity contribution >= 4 is 5.69 Å². The van der Waals surface area contributed by atoms with E-state index in [1.165, 1.54) is 0 Å². The largest absolute Gasteiger partial charge is 0.497 e. The smallest absolute Gasteiger partial charge is 0.216 e. The van der Waals surface area contributed by atoms with Crippen LogP contribution in [0.25, 0.3) is 0 Å². The minimum absolute atomic E-state index is 0.132. The molecule has 19 heavy (non-hydrogen) atoms. The number of ether oxygens (including phenoxy) is 1. The Morgan fingerprint density at radius 3 is 2.84 bits per heavy atom. The molecule has 2 rings (SSSR count). The first-order valence-corrected chi connectivity index (χ1v) is 5.91. The van der Waals surface area contributed by atoms with Gasteiger partial charge in [0.05, 0.1) is 24.6 Å². The molecule has 0 bridgehead atoms. The summed E-state index contributed by atoms with van der Waals surface area (Å²) in [6, 6.07) is 7.26. The third-order valence-corrected chi connectivity index (χ3v) is 2.73. The van der Waals surface area contributed by atoms with Gasteiger partial charge in [0.1, 0.15) is 23.6 Å². The molecule has 0 aliphatic heterocycles. The van der Waals surface area contributed by atoms with Gasteiger partial charge in [-0.15, -0.1) is 0 Å². The fourth-order valence-electron chi connectivity index (χ4n) is 1.73. The second-order valence-corrected chi connectivity index (χ2v) is 4.20. The van der Waals surface area contributed by atoms with Crippen LogP contribution in [0, 0.1) is 18.3 Å². The molecule has 5 nitrogen and oxygen atoms in total. The second-order valence-electron chi connectivity index (χ2n) is 4.20. The number of nitrogens with one attached hydrogen (secondary N) is 1. The fraction of sp³-hybridized carbons (Fsp3) is 0.286. The average molecular weight is 257 g/mol. The number of benzene rings is 1. The van der Waals surface area contributed by atoms with Crippen LogP contribution in [0.4, 0.5) is 5.69 Å². The summed E-state index contributed by atoms with van der Waals surface area (Å²) in [5.41, 5.74) is 1.25. The molecule has 0 aliphatic carbocycles. The molecule has 1 unspecified atom stereocenters. The molecule has 0 radical (unpaired) electrons. The van der Waals surface area contributed by atoms with Crippen LogP contribution < -0.4 is 10.1 Å². The summed E-state index contributed by atoms with van der Waals surface area (Å²) >= 11 is 0. The molecule has 0 saturated heterocycles. The number of nitrogens with zero attached hydrogens (tertiary/aromatic N) is 2. The predicted octanol–water partition coefficient (Wildman–Crippen LogP) is 3.04. The normalized spacial score (nSPS) is 11.7. The molecule has 0 saturated carbocycles.